The second kappa shape index (κ2) is 3.22. The van der Waals surface area contributed by atoms with Crippen LogP contribution in [0.5, 0.6) is 0 Å². The van der Waals surface area contributed by atoms with Gasteiger partial charge in [-0.15, -0.1) is 0 Å². The first kappa shape index (κ1) is 7.08. The lowest BCUT2D eigenvalue weighted by Gasteiger charge is -2.14. The number of carbonyl (C=O) groups is 1. The third-order valence-electron chi connectivity index (χ3n) is 1.10. The van der Waals surface area contributed by atoms with Crippen molar-refractivity contribution < 1.29 is 19.4 Å². The Hall–Kier alpha value is -1.03. The Morgan fingerprint density at radius 2 is 2.60 bits per heavy atom. The van der Waals surface area contributed by atoms with E-state index in [1.54, 1.807) is 12.2 Å². The fraction of sp³-hybridized carbons (Fsp3) is 0.500. The van der Waals surface area contributed by atoms with Crippen LogP contribution < -0.4 is 0 Å². The van der Waals surface area contributed by atoms with Crippen LogP contribution in [0.3, 0.4) is 0 Å². The third kappa shape index (κ3) is 2.06. The van der Waals surface area contributed by atoms with Crippen molar-refractivity contribution in [2.75, 3.05) is 13.2 Å². The average Bonchev–Trinajstić information content (AvgIpc) is 1.88. The van der Waals surface area contributed by atoms with Gasteiger partial charge in [-0.2, -0.15) is 0 Å². The molecule has 56 valence electrons. The summed E-state index contributed by atoms with van der Waals surface area (Å²) in [5.41, 5.74) is 0. The Labute approximate surface area is 58.1 Å². The average molecular weight is 144 g/mol. The topological polar surface area (TPSA) is 55.8 Å². The summed E-state index contributed by atoms with van der Waals surface area (Å²) in [5, 5.41) is 8.15. The van der Waals surface area contributed by atoms with Gasteiger partial charge in [-0.25, -0.2) is 4.79 Å². The maximum Gasteiger partial charge on any atom is 0.506 e. The standard InChI is InChI=1S/C6H8O4/c7-6(8)10-5-2-1-3-9-4-5/h1-2,5H,3-4H2,(H,7,8). The number of carboxylic acid groups (broad SMARTS) is 1. The highest BCUT2D eigenvalue weighted by Crippen LogP contribution is 2.01. The minimum Gasteiger partial charge on any atom is -0.450 e. The van der Waals surface area contributed by atoms with E-state index in [2.05, 4.69) is 4.74 Å². The molecule has 1 heterocycles. The molecule has 0 radical (unpaired) electrons. The Kier molecular flexibility index (Phi) is 2.28. The largest absolute Gasteiger partial charge is 0.506 e. The molecule has 0 bridgehead atoms. The summed E-state index contributed by atoms with van der Waals surface area (Å²) >= 11 is 0. The molecule has 1 unspecified atom stereocenters. The summed E-state index contributed by atoms with van der Waals surface area (Å²) in [6.45, 7) is 0.863. The lowest BCUT2D eigenvalue weighted by Crippen LogP contribution is -2.23. The van der Waals surface area contributed by atoms with E-state index >= 15 is 0 Å². The van der Waals surface area contributed by atoms with E-state index in [1.807, 2.05) is 0 Å². The van der Waals surface area contributed by atoms with Crippen molar-refractivity contribution in [2.24, 2.45) is 0 Å². The molecule has 0 spiro atoms. The highest BCUT2D eigenvalue weighted by molar-refractivity contribution is 5.57. The Balaban J connectivity index is 2.33. The van der Waals surface area contributed by atoms with Gasteiger partial charge < -0.3 is 14.6 Å². The Morgan fingerprint density at radius 3 is 3.10 bits per heavy atom. The number of hydrogen-bond acceptors (Lipinski definition) is 3. The van der Waals surface area contributed by atoms with Crippen molar-refractivity contribution >= 4 is 6.16 Å². The van der Waals surface area contributed by atoms with Gasteiger partial charge >= 0.3 is 6.16 Å². The van der Waals surface area contributed by atoms with E-state index in [9.17, 15) is 4.79 Å². The zero-order chi connectivity index (χ0) is 7.40. The molecule has 0 saturated carbocycles. The van der Waals surface area contributed by atoms with E-state index in [-0.39, 0.29) is 0 Å². The van der Waals surface area contributed by atoms with Gasteiger partial charge in [0.05, 0.1) is 13.2 Å². The molecule has 10 heavy (non-hydrogen) atoms. The van der Waals surface area contributed by atoms with Crippen LogP contribution in [0.25, 0.3) is 0 Å². The zero-order valence-electron chi connectivity index (χ0n) is 5.32. The maximum absolute atomic E-state index is 9.96. The van der Waals surface area contributed by atoms with E-state index < -0.39 is 12.3 Å². The summed E-state index contributed by atoms with van der Waals surface area (Å²) in [6.07, 6.45) is 1.72. The first-order valence-corrected chi connectivity index (χ1v) is 2.93. The fourth-order valence-corrected chi connectivity index (χ4v) is 0.718. The Bertz CT molecular complexity index is 152. The monoisotopic (exact) mass is 144 g/mol. The smallest absolute Gasteiger partial charge is 0.450 e. The van der Waals surface area contributed by atoms with Crippen molar-refractivity contribution in [2.45, 2.75) is 6.10 Å². The highest BCUT2D eigenvalue weighted by Gasteiger charge is 2.11. The van der Waals surface area contributed by atoms with Gasteiger partial charge in [-0.05, 0) is 6.08 Å². The SMILES string of the molecule is O=C(O)OC1C=CCOC1. The van der Waals surface area contributed by atoms with Crippen LogP contribution in [0, 0.1) is 0 Å². The number of hydrogen-bond donors (Lipinski definition) is 1. The second-order valence-corrected chi connectivity index (χ2v) is 1.89. The van der Waals surface area contributed by atoms with Gasteiger partial charge in [0, 0.05) is 0 Å². The zero-order valence-corrected chi connectivity index (χ0v) is 5.32. The molecule has 4 nitrogen and oxygen atoms in total. The van der Waals surface area contributed by atoms with E-state index in [1.165, 1.54) is 0 Å². The third-order valence-corrected chi connectivity index (χ3v) is 1.10. The summed E-state index contributed by atoms with van der Waals surface area (Å²) in [4.78, 5) is 9.96. The molecule has 1 rings (SSSR count). The van der Waals surface area contributed by atoms with Crippen molar-refractivity contribution in [1.82, 2.24) is 0 Å². The summed E-state index contributed by atoms with van der Waals surface area (Å²) < 4.78 is 9.30. The molecule has 4 heteroatoms. The molecule has 1 N–H and O–H groups in total. The predicted molar refractivity (Wildman–Crippen MR) is 32.9 cm³/mol. The van der Waals surface area contributed by atoms with Crippen molar-refractivity contribution in [3.05, 3.63) is 12.2 Å². The van der Waals surface area contributed by atoms with Crippen LogP contribution in [-0.2, 0) is 9.47 Å². The van der Waals surface area contributed by atoms with Crippen molar-refractivity contribution in [1.29, 1.82) is 0 Å². The van der Waals surface area contributed by atoms with Gasteiger partial charge in [0.2, 0.25) is 0 Å². The lowest BCUT2D eigenvalue weighted by molar-refractivity contribution is 0.0175. The molecule has 0 aromatic rings. The molecular weight excluding hydrogens is 136 g/mol. The molecule has 0 aromatic carbocycles. The van der Waals surface area contributed by atoms with Crippen LogP contribution in [-0.4, -0.2) is 30.6 Å². The van der Waals surface area contributed by atoms with Crippen LogP contribution in [0.4, 0.5) is 4.79 Å². The van der Waals surface area contributed by atoms with Crippen LogP contribution in [0.1, 0.15) is 0 Å². The molecular formula is C6H8O4. The van der Waals surface area contributed by atoms with Crippen LogP contribution in [0.2, 0.25) is 0 Å². The van der Waals surface area contributed by atoms with E-state index in [0.29, 0.717) is 13.2 Å². The quantitative estimate of drug-likeness (QED) is 0.433. The minimum atomic E-state index is -1.26. The fourth-order valence-electron chi connectivity index (χ4n) is 0.718. The number of ether oxygens (including phenoxy) is 2. The van der Waals surface area contributed by atoms with Gasteiger partial charge in [-0.1, -0.05) is 6.08 Å². The van der Waals surface area contributed by atoms with Gasteiger partial charge in [0.15, 0.2) is 0 Å². The predicted octanol–water partition coefficient (Wildman–Crippen LogP) is 0.636. The minimum absolute atomic E-state index is 0.322. The van der Waals surface area contributed by atoms with Crippen LogP contribution >= 0.6 is 0 Å². The van der Waals surface area contributed by atoms with Crippen LogP contribution in [0.15, 0.2) is 12.2 Å². The lowest BCUT2D eigenvalue weighted by atomic mass is 10.3. The highest BCUT2D eigenvalue weighted by atomic mass is 16.7. The van der Waals surface area contributed by atoms with Gasteiger partial charge in [0.25, 0.3) is 0 Å². The second-order valence-electron chi connectivity index (χ2n) is 1.89. The molecule has 0 aliphatic carbocycles. The van der Waals surface area contributed by atoms with Crippen molar-refractivity contribution in [3.63, 3.8) is 0 Å². The first-order chi connectivity index (χ1) is 4.79. The normalized spacial score (nSPS) is 24.2. The maximum atomic E-state index is 9.96. The van der Waals surface area contributed by atoms with E-state index in [4.69, 9.17) is 9.84 Å². The molecule has 1 atom stereocenters. The molecule has 0 aromatic heterocycles. The molecule has 1 aliphatic heterocycles. The van der Waals surface area contributed by atoms with E-state index in [0.717, 1.165) is 0 Å². The van der Waals surface area contributed by atoms with Crippen molar-refractivity contribution in [3.8, 4) is 0 Å². The van der Waals surface area contributed by atoms with Gasteiger partial charge in [-0.3, -0.25) is 0 Å². The first-order valence-electron chi connectivity index (χ1n) is 2.93. The van der Waals surface area contributed by atoms with Gasteiger partial charge in [0.1, 0.15) is 6.10 Å². The Morgan fingerprint density at radius 1 is 1.80 bits per heavy atom. The number of rotatable bonds is 1. The molecule has 0 fully saturated rings. The molecule has 1 aliphatic rings. The molecule has 0 saturated heterocycles. The summed E-state index contributed by atoms with van der Waals surface area (Å²) in [7, 11) is 0. The summed E-state index contributed by atoms with van der Waals surface area (Å²) in [5.74, 6) is 0. The molecule has 0 amide bonds. The summed E-state index contributed by atoms with van der Waals surface area (Å²) in [6, 6.07) is 0.